The van der Waals surface area contributed by atoms with Gasteiger partial charge in [-0.1, -0.05) is 23.7 Å². The number of urea groups is 1. The van der Waals surface area contributed by atoms with Gasteiger partial charge in [0.05, 0.1) is 37.2 Å². The van der Waals surface area contributed by atoms with Crippen molar-refractivity contribution in [3.05, 3.63) is 83.0 Å². The van der Waals surface area contributed by atoms with Crippen LogP contribution in [0.3, 0.4) is 0 Å². The van der Waals surface area contributed by atoms with Crippen molar-refractivity contribution in [3.8, 4) is 11.5 Å². The Kier molecular flexibility index (Phi) is 7.96. The van der Waals surface area contributed by atoms with Crippen LogP contribution >= 0.6 is 11.6 Å². The zero-order valence-corrected chi connectivity index (χ0v) is 25.4. The summed E-state index contributed by atoms with van der Waals surface area (Å²) in [4.78, 5) is 31.7. The normalized spacial score (nSPS) is 15.4. The number of methoxy groups -OCH3 is 2. The first-order valence-corrected chi connectivity index (χ1v) is 14.5. The summed E-state index contributed by atoms with van der Waals surface area (Å²) >= 11 is 6.63. The molecule has 2 amide bonds. The molecular formula is C32H34ClN7O3. The van der Waals surface area contributed by atoms with Crippen LogP contribution in [-0.4, -0.2) is 68.3 Å². The molecule has 1 N–H and O–H groups in total. The van der Waals surface area contributed by atoms with E-state index in [0.717, 1.165) is 43.0 Å². The molecule has 0 aliphatic carbocycles. The number of aryl methyl sites for hydroxylation is 1. The number of halogens is 1. The molecule has 2 aliphatic heterocycles. The van der Waals surface area contributed by atoms with Gasteiger partial charge >= 0.3 is 6.03 Å². The summed E-state index contributed by atoms with van der Waals surface area (Å²) in [5, 5.41) is 3.80. The van der Waals surface area contributed by atoms with Crippen molar-refractivity contribution in [2.45, 2.75) is 13.5 Å². The Morgan fingerprint density at radius 1 is 0.953 bits per heavy atom. The molecule has 1 fully saturated rings. The van der Waals surface area contributed by atoms with Crippen LogP contribution in [0, 0.1) is 6.92 Å². The van der Waals surface area contributed by atoms with Crippen molar-refractivity contribution in [1.29, 1.82) is 0 Å². The van der Waals surface area contributed by atoms with Crippen LogP contribution in [-0.2, 0) is 6.54 Å². The van der Waals surface area contributed by atoms with E-state index in [4.69, 9.17) is 26.1 Å². The molecule has 43 heavy (non-hydrogen) atoms. The molecule has 3 heterocycles. The molecule has 3 aromatic carbocycles. The zero-order valence-electron chi connectivity index (χ0n) is 24.7. The fourth-order valence-corrected chi connectivity index (χ4v) is 5.81. The van der Waals surface area contributed by atoms with E-state index in [9.17, 15) is 4.79 Å². The first-order chi connectivity index (χ1) is 20.9. The molecule has 0 radical (unpaired) electrons. The summed E-state index contributed by atoms with van der Waals surface area (Å²) in [5.41, 5.74) is 4.83. The van der Waals surface area contributed by atoms with Gasteiger partial charge in [-0.05, 0) is 62.0 Å². The van der Waals surface area contributed by atoms with Gasteiger partial charge in [0.25, 0.3) is 0 Å². The van der Waals surface area contributed by atoms with Crippen molar-refractivity contribution in [2.75, 3.05) is 67.5 Å². The molecule has 4 aromatic rings. The number of carbonyl (C=O) groups excluding carboxylic acids is 1. The summed E-state index contributed by atoms with van der Waals surface area (Å²) in [6.45, 7) is 6.28. The highest BCUT2D eigenvalue weighted by Gasteiger charge is 2.37. The first-order valence-electron chi connectivity index (χ1n) is 14.1. The predicted molar refractivity (Wildman–Crippen MR) is 171 cm³/mol. The van der Waals surface area contributed by atoms with Crippen molar-refractivity contribution in [1.82, 2.24) is 14.9 Å². The van der Waals surface area contributed by atoms with Crippen LogP contribution in [0.15, 0.2) is 66.9 Å². The van der Waals surface area contributed by atoms with E-state index in [1.807, 2.05) is 31.2 Å². The number of nitrogens with one attached hydrogen (secondary N) is 1. The Balaban J connectivity index is 1.36. The lowest BCUT2D eigenvalue weighted by atomic mass is 10.1. The van der Waals surface area contributed by atoms with Gasteiger partial charge in [-0.3, -0.25) is 4.90 Å². The second-order valence-corrected chi connectivity index (χ2v) is 11.1. The van der Waals surface area contributed by atoms with E-state index >= 15 is 0 Å². The lowest BCUT2D eigenvalue weighted by Gasteiger charge is -2.37. The number of hydrogen-bond acceptors (Lipinski definition) is 8. The number of amides is 2. The van der Waals surface area contributed by atoms with E-state index in [0.29, 0.717) is 39.7 Å². The lowest BCUT2D eigenvalue weighted by molar-refractivity contribution is 0.252. The smallest absolute Gasteiger partial charge is 0.335 e. The molecule has 1 saturated heterocycles. The number of ether oxygens (including phenoxy) is 2. The third kappa shape index (κ3) is 5.63. The van der Waals surface area contributed by atoms with E-state index in [1.54, 1.807) is 54.5 Å². The highest BCUT2D eigenvalue weighted by Crippen LogP contribution is 2.43. The molecule has 0 unspecified atom stereocenters. The Hall–Kier alpha value is -4.54. The van der Waals surface area contributed by atoms with Gasteiger partial charge in [-0.15, -0.1) is 0 Å². The van der Waals surface area contributed by atoms with E-state index in [2.05, 4.69) is 39.3 Å². The standard InChI is InChI=1S/C32H34ClN7O3/c1-21-6-5-7-26(33)29(21)39-20-22-19-34-31(35-23-8-10-24(11-9-23)38-16-14-37(2)15-17-38)36-30(22)40(32(39)41)27-13-12-25(42-3)18-28(27)43-4/h5-13,18-19H,14-17,20H2,1-4H3,(H,34,35,36). The van der Waals surface area contributed by atoms with Crippen LogP contribution in [0.4, 0.5) is 39.3 Å². The number of likely N-dealkylation sites (N-methyl/N-ethyl adjacent to an activating group) is 1. The number of benzene rings is 3. The number of rotatable bonds is 7. The minimum Gasteiger partial charge on any atom is -0.497 e. The minimum atomic E-state index is -0.312. The number of para-hydroxylation sites is 1. The van der Waals surface area contributed by atoms with E-state index < -0.39 is 0 Å². The van der Waals surface area contributed by atoms with Gasteiger partial charge in [0, 0.05) is 55.4 Å². The zero-order chi connectivity index (χ0) is 30.1. The van der Waals surface area contributed by atoms with E-state index in [-0.39, 0.29) is 12.6 Å². The van der Waals surface area contributed by atoms with Gasteiger partial charge in [0.1, 0.15) is 11.5 Å². The summed E-state index contributed by atoms with van der Waals surface area (Å²) in [7, 11) is 5.29. The molecule has 222 valence electrons. The average molecular weight is 600 g/mol. The second kappa shape index (κ2) is 12.0. The van der Waals surface area contributed by atoms with E-state index in [1.165, 1.54) is 5.69 Å². The number of anilines is 6. The maximum Gasteiger partial charge on any atom is 0.335 e. The highest BCUT2D eigenvalue weighted by atomic mass is 35.5. The lowest BCUT2D eigenvalue weighted by Crippen LogP contribution is -2.46. The third-order valence-electron chi connectivity index (χ3n) is 7.88. The van der Waals surface area contributed by atoms with Crippen molar-refractivity contribution >= 4 is 52.1 Å². The molecule has 0 atom stereocenters. The van der Waals surface area contributed by atoms with Gasteiger partial charge in [0.2, 0.25) is 5.95 Å². The van der Waals surface area contributed by atoms with Gasteiger partial charge in [0.15, 0.2) is 5.82 Å². The number of carbonyl (C=O) groups is 1. The van der Waals surface area contributed by atoms with Crippen molar-refractivity contribution in [3.63, 3.8) is 0 Å². The molecule has 0 spiro atoms. The fraction of sp³-hybridized carbons (Fsp3) is 0.281. The molecule has 10 nitrogen and oxygen atoms in total. The molecule has 0 saturated carbocycles. The number of hydrogen-bond donors (Lipinski definition) is 1. The van der Waals surface area contributed by atoms with Crippen molar-refractivity contribution < 1.29 is 14.3 Å². The van der Waals surface area contributed by atoms with Crippen LogP contribution in [0.25, 0.3) is 0 Å². The monoisotopic (exact) mass is 599 g/mol. The van der Waals surface area contributed by atoms with Gasteiger partial charge in [-0.25, -0.2) is 14.7 Å². The summed E-state index contributed by atoms with van der Waals surface area (Å²) in [5.74, 6) is 1.90. The molecule has 11 heteroatoms. The molecule has 2 aliphatic rings. The third-order valence-corrected chi connectivity index (χ3v) is 8.19. The topological polar surface area (TPSA) is 86.3 Å². The average Bonchev–Trinajstić information content (AvgIpc) is 3.02. The maximum absolute atomic E-state index is 14.3. The summed E-state index contributed by atoms with van der Waals surface area (Å²) in [6, 6.07) is 18.8. The Morgan fingerprint density at radius 2 is 1.72 bits per heavy atom. The summed E-state index contributed by atoms with van der Waals surface area (Å²) < 4.78 is 11.1. The van der Waals surface area contributed by atoms with Gasteiger partial charge < -0.3 is 24.6 Å². The number of nitrogens with zero attached hydrogens (tertiary/aromatic N) is 6. The second-order valence-electron chi connectivity index (χ2n) is 10.7. The Morgan fingerprint density at radius 3 is 2.42 bits per heavy atom. The molecule has 0 bridgehead atoms. The Labute approximate surface area is 256 Å². The first kappa shape index (κ1) is 28.6. The SMILES string of the molecule is COc1ccc(N2C(=O)N(c3c(C)cccc3Cl)Cc3cnc(Nc4ccc(N5CCN(C)CC5)cc4)nc32)c(OC)c1. The number of fused-ring (bicyclic) bond motifs is 1. The molecular weight excluding hydrogens is 566 g/mol. The number of aromatic nitrogens is 2. The number of piperazine rings is 1. The maximum atomic E-state index is 14.3. The highest BCUT2D eigenvalue weighted by molar-refractivity contribution is 6.34. The predicted octanol–water partition coefficient (Wildman–Crippen LogP) is 6.23. The minimum absolute atomic E-state index is 0.258. The Bertz CT molecular complexity index is 1620. The van der Waals surface area contributed by atoms with Gasteiger partial charge in [-0.2, -0.15) is 4.98 Å². The van der Waals surface area contributed by atoms with Crippen LogP contribution in [0.1, 0.15) is 11.1 Å². The summed E-state index contributed by atoms with van der Waals surface area (Å²) in [6.07, 6.45) is 1.75. The van der Waals surface area contributed by atoms with Crippen LogP contribution in [0.2, 0.25) is 5.02 Å². The largest absolute Gasteiger partial charge is 0.497 e. The van der Waals surface area contributed by atoms with Crippen molar-refractivity contribution in [2.24, 2.45) is 0 Å². The molecule has 1 aromatic heterocycles. The van der Waals surface area contributed by atoms with Crippen LogP contribution in [0.5, 0.6) is 11.5 Å². The van der Waals surface area contributed by atoms with Crippen LogP contribution < -0.4 is 29.5 Å². The fourth-order valence-electron chi connectivity index (χ4n) is 5.49. The quantitative estimate of drug-likeness (QED) is 0.268. The molecule has 6 rings (SSSR count).